The number of benzene rings is 3. The van der Waals surface area contributed by atoms with E-state index in [4.69, 9.17) is 0 Å². The van der Waals surface area contributed by atoms with Gasteiger partial charge in [0.25, 0.3) is 0 Å². The van der Waals surface area contributed by atoms with Gasteiger partial charge in [0.15, 0.2) is 57.6 Å². The molecular weight excluding hydrogens is 1270 g/mol. The molecule has 492 valence electrons. The highest BCUT2D eigenvalue weighted by Crippen LogP contribution is 2.31. The summed E-state index contributed by atoms with van der Waals surface area (Å²) in [7, 11) is 4.93. The molecule has 0 unspecified atom stereocenters. The van der Waals surface area contributed by atoms with Gasteiger partial charge in [-0.2, -0.15) is 15.3 Å². The molecule has 0 aliphatic carbocycles. The van der Waals surface area contributed by atoms with Crippen LogP contribution in [0.25, 0.3) is 84.9 Å². The lowest BCUT2D eigenvalue weighted by atomic mass is 10.0. The van der Waals surface area contributed by atoms with E-state index >= 15 is 0 Å². The summed E-state index contributed by atoms with van der Waals surface area (Å²) in [5, 5.41) is 25.6. The average Bonchev–Trinajstić information content (AvgIpc) is 1.72. The smallest absolute Gasteiger partial charge is 0.186 e. The number of hydrogen-bond acceptors (Lipinski definition) is 18. The molecule has 3 aromatic carbocycles. The number of rotatable bonds is 15. The highest BCUT2D eigenvalue weighted by Gasteiger charge is 2.27. The van der Waals surface area contributed by atoms with Gasteiger partial charge in [0.1, 0.15) is 58.7 Å². The zero-order valence-corrected chi connectivity index (χ0v) is 54.3. The molecule has 0 saturated carbocycles. The molecule has 28 heteroatoms. The fraction of sp³-hybridized carbons (Fsp3) is 0.155. The Morgan fingerprint density at radius 2 is 0.798 bits per heavy atom. The van der Waals surface area contributed by atoms with Gasteiger partial charge in [-0.25, -0.2) is 76.0 Å². The third-order valence-electron chi connectivity index (χ3n) is 16.3. The first-order chi connectivity index (χ1) is 47.7. The molecule has 0 saturated heterocycles. The van der Waals surface area contributed by atoms with E-state index in [0.29, 0.717) is 74.1 Å². The van der Waals surface area contributed by atoms with Crippen LogP contribution in [0.1, 0.15) is 76.6 Å². The topological polar surface area (TPSA) is 273 Å². The van der Waals surface area contributed by atoms with E-state index in [1.54, 1.807) is 58.7 Å². The predicted octanol–water partition coefficient (Wildman–Crippen LogP) is 11.1. The SMILES string of the molecule is Cc1cc(-c2cnn(C)c2C(=O)Cc2cc3nc(-c4ccccc4)nn3cc2F)ncn1.Cc1nc(C)c(C)c(-c2cnn(C)c2C(=O)Cc2cc3nc(-c4ccccc4)nn3cc2F)n1.Cc1ncnc(-c2cnn(C)c2C(=O)Cc2cc3nc(-c4ccccc4)nn3cc2F)c1F. The largest absolute Gasteiger partial charge is 0.292 e. The molecule has 12 aromatic heterocycles. The van der Waals surface area contributed by atoms with Gasteiger partial charge in [0.2, 0.25) is 0 Å². The molecule has 99 heavy (non-hydrogen) atoms. The Morgan fingerprint density at radius 1 is 0.414 bits per heavy atom. The van der Waals surface area contributed by atoms with Gasteiger partial charge in [-0.1, -0.05) is 91.0 Å². The van der Waals surface area contributed by atoms with Crippen molar-refractivity contribution in [2.45, 2.75) is 53.9 Å². The van der Waals surface area contributed by atoms with Crippen LogP contribution in [0.5, 0.6) is 0 Å². The van der Waals surface area contributed by atoms with Crippen molar-refractivity contribution in [3.8, 4) is 67.9 Å². The number of halogens is 4. The van der Waals surface area contributed by atoms with E-state index < -0.39 is 29.1 Å². The highest BCUT2D eigenvalue weighted by atomic mass is 19.1. The Hall–Kier alpha value is -12.9. The molecule has 0 aliphatic rings. The van der Waals surface area contributed by atoms with Crippen molar-refractivity contribution in [2.24, 2.45) is 21.1 Å². The maximum atomic E-state index is 14.9. The lowest BCUT2D eigenvalue weighted by Crippen LogP contribution is -2.13. The summed E-state index contributed by atoms with van der Waals surface area (Å²) in [6, 6.07) is 34.6. The van der Waals surface area contributed by atoms with Gasteiger partial charge < -0.3 is 0 Å². The summed E-state index contributed by atoms with van der Waals surface area (Å²) in [5.74, 6) is -1.25. The zero-order valence-electron chi connectivity index (χ0n) is 54.3. The van der Waals surface area contributed by atoms with Gasteiger partial charge in [-0.05, 0) is 64.4 Å². The minimum atomic E-state index is -0.635. The lowest BCUT2D eigenvalue weighted by molar-refractivity contribution is 0.0975. The number of Topliss-reactive ketones (excluding diaryl/α,β-unsaturated/α-hetero) is 3. The minimum Gasteiger partial charge on any atom is -0.292 e. The maximum Gasteiger partial charge on any atom is 0.186 e. The van der Waals surface area contributed by atoms with Crippen LogP contribution in [0, 0.1) is 57.9 Å². The number of ketones is 3. The number of nitrogens with zero attached hydrogens (tertiary/aromatic N) is 21. The van der Waals surface area contributed by atoms with E-state index in [2.05, 4.69) is 75.4 Å². The Morgan fingerprint density at radius 3 is 1.21 bits per heavy atom. The molecule has 0 radical (unpaired) electrons. The summed E-state index contributed by atoms with van der Waals surface area (Å²) in [4.78, 5) is 78.2. The fourth-order valence-corrected chi connectivity index (χ4v) is 11.3. The number of carbonyl (C=O) groups excluding carboxylic acids is 3. The number of aromatic nitrogens is 21. The summed E-state index contributed by atoms with van der Waals surface area (Å²) >= 11 is 0. The van der Waals surface area contributed by atoms with E-state index in [0.717, 1.165) is 33.6 Å². The fourth-order valence-electron chi connectivity index (χ4n) is 11.3. The normalized spacial score (nSPS) is 11.3. The van der Waals surface area contributed by atoms with Gasteiger partial charge in [-0.3, -0.25) is 28.4 Å². The van der Waals surface area contributed by atoms with Crippen molar-refractivity contribution in [1.82, 2.24) is 103 Å². The molecule has 0 atom stereocenters. The van der Waals surface area contributed by atoms with Crippen LogP contribution >= 0.6 is 0 Å². The molecule has 12 heterocycles. The minimum absolute atomic E-state index is 0.0279. The molecule has 15 rings (SSSR count). The monoisotopic (exact) mass is 1330 g/mol. The highest BCUT2D eigenvalue weighted by molar-refractivity contribution is 6.03. The van der Waals surface area contributed by atoms with Crippen LogP contribution < -0.4 is 0 Å². The second-order valence-corrected chi connectivity index (χ2v) is 23.1. The van der Waals surface area contributed by atoms with Crippen LogP contribution in [0.2, 0.25) is 0 Å². The third-order valence-corrected chi connectivity index (χ3v) is 16.3. The first-order valence-corrected chi connectivity index (χ1v) is 30.8. The van der Waals surface area contributed by atoms with Crippen LogP contribution in [-0.2, 0) is 40.4 Å². The number of hydrogen-bond donors (Lipinski definition) is 0. The Kier molecular flexibility index (Phi) is 17.7. The predicted molar refractivity (Wildman–Crippen MR) is 356 cm³/mol. The maximum absolute atomic E-state index is 14.9. The van der Waals surface area contributed by atoms with Crippen molar-refractivity contribution >= 4 is 34.3 Å². The molecule has 24 nitrogen and oxygen atoms in total. The van der Waals surface area contributed by atoms with Crippen molar-refractivity contribution < 1.29 is 31.9 Å². The number of pyridine rings is 3. The molecule has 0 N–H and O–H groups in total. The van der Waals surface area contributed by atoms with Crippen molar-refractivity contribution in [3.05, 3.63) is 251 Å². The quantitative estimate of drug-likeness (QED) is 0.0681. The van der Waals surface area contributed by atoms with Crippen LogP contribution in [0.4, 0.5) is 17.6 Å². The molecule has 0 amide bonds. The summed E-state index contributed by atoms with van der Waals surface area (Å²) in [5.41, 5.74) is 10.5. The molecule has 0 bridgehead atoms. The van der Waals surface area contributed by atoms with Gasteiger partial charge in [-0.15, -0.1) is 15.3 Å². The third kappa shape index (κ3) is 13.3. The first kappa shape index (κ1) is 64.8. The van der Waals surface area contributed by atoms with Crippen molar-refractivity contribution in [2.75, 3.05) is 0 Å². The van der Waals surface area contributed by atoms with E-state index in [1.165, 1.54) is 78.0 Å². The van der Waals surface area contributed by atoms with E-state index in [9.17, 15) is 31.9 Å². The average molecular weight is 1330 g/mol. The van der Waals surface area contributed by atoms with Crippen LogP contribution in [0.3, 0.4) is 0 Å². The molecule has 0 spiro atoms. The van der Waals surface area contributed by atoms with Crippen molar-refractivity contribution in [1.29, 1.82) is 0 Å². The molecule has 0 fully saturated rings. The number of aryl methyl sites for hydroxylation is 7. The zero-order chi connectivity index (χ0) is 69.3. The van der Waals surface area contributed by atoms with E-state index in [1.807, 2.05) is 112 Å². The second-order valence-electron chi connectivity index (χ2n) is 23.1. The van der Waals surface area contributed by atoms with Crippen LogP contribution in [-0.4, -0.2) is 120 Å². The second kappa shape index (κ2) is 27.1. The van der Waals surface area contributed by atoms with Gasteiger partial charge in [0, 0.05) is 96.3 Å². The van der Waals surface area contributed by atoms with E-state index in [-0.39, 0.29) is 70.2 Å². The Labute approximate surface area is 560 Å². The van der Waals surface area contributed by atoms with Crippen molar-refractivity contribution in [3.63, 3.8) is 0 Å². The van der Waals surface area contributed by atoms with Gasteiger partial charge in [0.05, 0.1) is 59.8 Å². The first-order valence-electron chi connectivity index (χ1n) is 30.8. The Bertz CT molecular complexity index is 5610. The lowest BCUT2D eigenvalue weighted by Gasteiger charge is -2.10. The molecular formula is C71H57F4N21O3. The summed E-state index contributed by atoms with van der Waals surface area (Å²) in [6.45, 7) is 8.97. The molecule has 15 aromatic rings. The number of carbonyl (C=O) groups is 3. The standard InChI is InChI=1S/C25H22FN7O.C23H17F2N7O.C23H18FN7O/c1-14-15(2)28-16(3)29-23(14)19-12-27-32(4)24(19)21(34)10-18-11-22-30-25(17-8-6-5-7-9-17)31-33(22)13-20(18)26;1-13-20(25)21(27-12-26-13)16-10-28-31(2)22(16)18(33)8-15-9-19-29-23(14-6-4-3-5-7-14)30-32(19)11-17(15)24;1-14-8-19(26-13-25-14)17-11-27-30(2)22(17)20(32)9-16-10-21-28-23(15-6-4-3-5-7-15)29-31(21)12-18(16)24/h5-9,11-13H,10H2,1-4H3;3-7,9-12H,8H2,1-2H3;3-8,10-13H,9H2,1-2H3. The summed E-state index contributed by atoms with van der Waals surface area (Å²) in [6.07, 6.45) is 10.3. The number of fused-ring (bicyclic) bond motifs is 3. The Balaban J connectivity index is 0.000000133. The van der Waals surface area contributed by atoms with Gasteiger partial charge >= 0.3 is 0 Å². The molecule has 0 aliphatic heterocycles. The van der Waals surface area contributed by atoms with Crippen LogP contribution in [0.15, 0.2) is 165 Å². The summed E-state index contributed by atoms with van der Waals surface area (Å²) < 4.78 is 67.6.